The zero-order valence-electron chi connectivity index (χ0n) is 9.26. The Morgan fingerprint density at radius 3 is 2.71 bits per heavy atom. The average molecular weight is 292 g/mol. The van der Waals surface area contributed by atoms with Gasteiger partial charge < -0.3 is 5.32 Å². The Bertz CT molecular complexity index is 435. The number of pyridine rings is 1. The van der Waals surface area contributed by atoms with Crippen molar-refractivity contribution in [1.29, 1.82) is 0 Å². The van der Waals surface area contributed by atoms with Crippen LogP contribution in [0.4, 0.5) is 0 Å². The second-order valence-electron chi connectivity index (χ2n) is 3.92. The second-order valence-corrected chi connectivity index (χ2v) is 4.98. The highest BCUT2D eigenvalue weighted by Crippen LogP contribution is 2.31. The third-order valence-corrected chi connectivity index (χ3v) is 4.09. The number of nitrogens with zero attached hydrogens (tertiary/aromatic N) is 2. The molecule has 0 atom stereocenters. The van der Waals surface area contributed by atoms with Crippen LogP contribution in [-0.2, 0) is 0 Å². The molecule has 0 aliphatic carbocycles. The molecule has 0 saturated carbocycles. The van der Waals surface area contributed by atoms with E-state index in [1.54, 1.807) is 0 Å². The maximum absolute atomic E-state index is 4.66. The largest absolute Gasteiger partial charge is 0.317 e. The number of hydrogen-bond acceptors (Lipinski definition) is 4. The lowest BCUT2D eigenvalue weighted by Crippen LogP contribution is -2.26. The molecule has 3 nitrogen and oxygen atoms in total. The number of nitrogens with one attached hydrogen (secondary N) is 1. The molecule has 0 amide bonds. The molecule has 2 aromatic heterocycles. The van der Waals surface area contributed by atoms with E-state index < -0.39 is 0 Å². The summed E-state index contributed by atoms with van der Waals surface area (Å²) in [4.78, 5) is 8.77. The minimum absolute atomic E-state index is 0. The van der Waals surface area contributed by atoms with Crippen LogP contribution in [0.25, 0.3) is 10.2 Å². The van der Waals surface area contributed by atoms with Crippen LogP contribution in [0.2, 0.25) is 0 Å². The highest BCUT2D eigenvalue weighted by atomic mass is 35.5. The first kappa shape index (κ1) is 14.6. The van der Waals surface area contributed by atoms with Gasteiger partial charge in [-0.25, -0.2) is 4.98 Å². The van der Waals surface area contributed by atoms with Crippen molar-refractivity contribution < 1.29 is 0 Å². The van der Waals surface area contributed by atoms with Crippen molar-refractivity contribution >= 4 is 46.4 Å². The fraction of sp³-hybridized carbons (Fsp3) is 0.455. The minimum Gasteiger partial charge on any atom is -0.317 e. The monoisotopic (exact) mass is 291 g/mol. The van der Waals surface area contributed by atoms with Crippen molar-refractivity contribution in [3.8, 4) is 0 Å². The number of fused-ring (bicyclic) bond motifs is 1. The first-order valence-electron chi connectivity index (χ1n) is 5.34. The fourth-order valence-corrected chi connectivity index (χ4v) is 3.14. The van der Waals surface area contributed by atoms with Gasteiger partial charge in [0.05, 0.1) is 21.4 Å². The van der Waals surface area contributed by atoms with Gasteiger partial charge in [0.1, 0.15) is 0 Å². The van der Waals surface area contributed by atoms with Crippen LogP contribution >= 0.6 is 36.2 Å². The first-order chi connectivity index (χ1) is 7.43. The van der Waals surface area contributed by atoms with Gasteiger partial charge in [-0.05, 0) is 32.0 Å². The van der Waals surface area contributed by atoms with Crippen molar-refractivity contribution in [2.24, 2.45) is 0 Å². The summed E-state index contributed by atoms with van der Waals surface area (Å²) in [5.41, 5.74) is 1.05. The number of rotatable bonds is 1. The number of piperidine rings is 1. The lowest BCUT2D eigenvalue weighted by Gasteiger charge is -2.20. The van der Waals surface area contributed by atoms with Gasteiger partial charge in [-0.3, -0.25) is 4.98 Å². The van der Waals surface area contributed by atoms with Crippen molar-refractivity contribution in [2.75, 3.05) is 13.1 Å². The van der Waals surface area contributed by atoms with E-state index in [-0.39, 0.29) is 24.8 Å². The predicted molar refractivity (Wildman–Crippen MR) is 76.8 cm³/mol. The molecule has 1 N–H and O–H groups in total. The van der Waals surface area contributed by atoms with Gasteiger partial charge in [0.2, 0.25) is 0 Å². The smallest absolute Gasteiger partial charge is 0.0998 e. The van der Waals surface area contributed by atoms with E-state index in [4.69, 9.17) is 0 Å². The normalized spacial score (nSPS) is 16.2. The van der Waals surface area contributed by atoms with E-state index in [0.29, 0.717) is 5.92 Å². The van der Waals surface area contributed by atoms with E-state index in [2.05, 4.69) is 21.4 Å². The zero-order chi connectivity index (χ0) is 10.1. The molecule has 1 aliphatic heterocycles. The highest BCUT2D eigenvalue weighted by Gasteiger charge is 2.18. The van der Waals surface area contributed by atoms with Crippen molar-refractivity contribution in [1.82, 2.24) is 15.3 Å². The van der Waals surface area contributed by atoms with Crippen molar-refractivity contribution in [3.05, 3.63) is 23.5 Å². The average Bonchev–Trinajstić information content (AvgIpc) is 2.74. The van der Waals surface area contributed by atoms with Crippen LogP contribution in [0, 0.1) is 0 Å². The summed E-state index contributed by atoms with van der Waals surface area (Å²) in [6.07, 6.45) is 6.13. The summed E-state index contributed by atoms with van der Waals surface area (Å²) in [6, 6.07) is 2.05. The molecule has 3 rings (SSSR count). The molecule has 0 unspecified atom stereocenters. The Balaban J connectivity index is 0.000000722. The molecule has 0 spiro atoms. The van der Waals surface area contributed by atoms with Gasteiger partial charge in [0.25, 0.3) is 0 Å². The van der Waals surface area contributed by atoms with Gasteiger partial charge in [-0.15, -0.1) is 36.2 Å². The summed E-state index contributed by atoms with van der Waals surface area (Å²) in [5.74, 6) is 0.656. The molecule has 1 aliphatic rings. The summed E-state index contributed by atoms with van der Waals surface area (Å²) in [5, 5.41) is 4.67. The number of halogens is 2. The lowest BCUT2D eigenvalue weighted by atomic mass is 9.99. The molecule has 1 saturated heterocycles. The minimum atomic E-state index is 0. The summed E-state index contributed by atoms with van der Waals surface area (Å²) < 4.78 is 1.26. The molecule has 17 heavy (non-hydrogen) atoms. The van der Waals surface area contributed by atoms with Gasteiger partial charge in [-0.1, -0.05) is 0 Å². The number of aromatic nitrogens is 2. The topological polar surface area (TPSA) is 37.8 Å². The van der Waals surface area contributed by atoms with E-state index >= 15 is 0 Å². The van der Waals surface area contributed by atoms with Crippen LogP contribution < -0.4 is 5.32 Å². The predicted octanol–water partition coefficient (Wildman–Crippen LogP) is 3.00. The summed E-state index contributed by atoms with van der Waals surface area (Å²) in [7, 11) is 0. The molecule has 1 fully saturated rings. The molecule has 0 aromatic carbocycles. The zero-order valence-corrected chi connectivity index (χ0v) is 11.7. The van der Waals surface area contributed by atoms with Gasteiger partial charge in [0, 0.05) is 12.1 Å². The van der Waals surface area contributed by atoms with Crippen molar-refractivity contribution in [3.63, 3.8) is 0 Å². The van der Waals surface area contributed by atoms with Crippen LogP contribution in [0.5, 0.6) is 0 Å². The first-order valence-corrected chi connectivity index (χ1v) is 6.16. The molecule has 0 radical (unpaired) electrons. The van der Waals surface area contributed by atoms with E-state index in [1.165, 1.54) is 22.5 Å². The quantitative estimate of drug-likeness (QED) is 0.878. The van der Waals surface area contributed by atoms with Crippen LogP contribution in [0.15, 0.2) is 18.5 Å². The standard InChI is InChI=1S/C11H13N3S.2ClH/c1-4-12-5-2-8(1)11-14-9-7-13-6-3-10(9)15-11;;/h3,6-8,12H,1-2,4-5H2;2*1H. The molecular formula is C11H15Cl2N3S. The van der Waals surface area contributed by atoms with Gasteiger partial charge in [0.15, 0.2) is 0 Å². The SMILES string of the molecule is Cl.Cl.c1cc2sc(C3CCNCC3)nc2cn1. The molecule has 2 aromatic rings. The molecule has 94 valence electrons. The Morgan fingerprint density at radius 1 is 1.24 bits per heavy atom. The summed E-state index contributed by atoms with van der Waals surface area (Å²) >= 11 is 1.82. The maximum Gasteiger partial charge on any atom is 0.0998 e. The summed E-state index contributed by atoms with van der Waals surface area (Å²) in [6.45, 7) is 2.25. The Labute approximate surface area is 117 Å². The second kappa shape index (κ2) is 6.50. The van der Waals surface area contributed by atoms with Crippen LogP contribution in [0.3, 0.4) is 0 Å². The number of hydrogen-bond donors (Lipinski definition) is 1. The third kappa shape index (κ3) is 3.07. The van der Waals surface area contributed by atoms with Gasteiger partial charge >= 0.3 is 0 Å². The van der Waals surface area contributed by atoms with Crippen molar-refractivity contribution in [2.45, 2.75) is 18.8 Å². The van der Waals surface area contributed by atoms with Gasteiger partial charge in [-0.2, -0.15) is 0 Å². The Hall–Kier alpha value is -0.420. The molecular weight excluding hydrogens is 277 g/mol. The molecule has 6 heteroatoms. The van der Waals surface area contributed by atoms with E-state index in [0.717, 1.165) is 18.6 Å². The maximum atomic E-state index is 4.66. The third-order valence-electron chi connectivity index (χ3n) is 2.89. The number of thiazole rings is 1. The molecule has 3 heterocycles. The fourth-order valence-electron chi connectivity index (χ4n) is 2.04. The Kier molecular flexibility index (Phi) is 5.59. The van der Waals surface area contributed by atoms with Crippen LogP contribution in [-0.4, -0.2) is 23.1 Å². The highest BCUT2D eigenvalue weighted by molar-refractivity contribution is 7.18. The van der Waals surface area contributed by atoms with E-state index in [1.807, 2.05) is 23.7 Å². The molecule has 0 bridgehead atoms. The lowest BCUT2D eigenvalue weighted by molar-refractivity contribution is 0.459. The Morgan fingerprint density at radius 2 is 2.00 bits per heavy atom. The van der Waals surface area contributed by atoms with Crippen LogP contribution in [0.1, 0.15) is 23.8 Å². The van der Waals surface area contributed by atoms with E-state index in [9.17, 15) is 0 Å².